The predicted molar refractivity (Wildman–Crippen MR) is 72.3 cm³/mol. The summed E-state index contributed by atoms with van der Waals surface area (Å²) in [5, 5.41) is 0. The van der Waals surface area contributed by atoms with Crippen molar-refractivity contribution in [2.24, 2.45) is 5.73 Å². The Hall–Kier alpha value is -2.07. The van der Waals surface area contributed by atoms with E-state index >= 15 is 0 Å². The van der Waals surface area contributed by atoms with Crippen molar-refractivity contribution in [1.29, 1.82) is 0 Å². The number of aryl methyl sites for hydroxylation is 1. The van der Waals surface area contributed by atoms with Crippen LogP contribution in [0.3, 0.4) is 0 Å². The van der Waals surface area contributed by atoms with Crippen molar-refractivity contribution in [3.8, 4) is 11.5 Å². The van der Waals surface area contributed by atoms with Crippen LogP contribution in [0.25, 0.3) is 0 Å². The first-order valence-corrected chi connectivity index (χ1v) is 6.29. The molecular weight excluding hydrogens is 240 g/mol. The molecule has 4 nitrogen and oxygen atoms in total. The molecule has 98 valence electrons. The summed E-state index contributed by atoms with van der Waals surface area (Å²) in [7, 11) is 0. The molecule has 1 aromatic carbocycles. The summed E-state index contributed by atoms with van der Waals surface area (Å²) in [6, 6.07) is 9.41. The molecule has 2 heterocycles. The lowest BCUT2D eigenvalue weighted by atomic mass is 10.0. The first kappa shape index (κ1) is 12.0. The molecule has 1 aliphatic rings. The Kier molecular flexibility index (Phi) is 3.09. The lowest BCUT2D eigenvalue weighted by Crippen LogP contribution is -2.39. The largest absolute Gasteiger partial charge is 0.486 e. The molecule has 0 radical (unpaired) electrons. The van der Waals surface area contributed by atoms with E-state index in [4.69, 9.17) is 15.2 Å². The zero-order chi connectivity index (χ0) is 13.2. The van der Waals surface area contributed by atoms with Gasteiger partial charge in [-0.15, -0.1) is 0 Å². The van der Waals surface area contributed by atoms with Crippen molar-refractivity contribution in [3.05, 3.63) is 53.9 Å². The van der Waals surface area contributed by atoms with Crippen LogP contribution < -0.4 is 15.2 Å². The topological polar surface area (TPSA) is 57.4 Å². The third-order valence-corrected chi connectivity index (χ3v) is 3.21. The van der Waals surface area contributed by atoms with Crippen LogP contribution in [0, 0.1) is 6.92 Å². The SMILES string of the molecule is Cc1cncc(C(N)C2COc3ccccc3O2)c1. The number of ether oxygens (including phenoxy) is 2. The number of fused-ring (bicyclic) bond motifs is 1. The summed E-state index contributed by atoms with van der Waals surface area (Å²) in [5.74, 6) is 1.52. The van der Waals surface area contributed by atoms with Gasteiger partial charge >= 0.3 is 0 Å². The standard InChI is InChI=1S/C15H16N2O2/c1-10-6-11(8-17-7-10)15(16)14-9-18-12-4-2-3-5-13(12)19-14/h2-8,14-15H,9,16H2,1H3. The summed E-state index contributed by atoms with van der Waals surface area (Å²) in [6.45, 7) is 2.45. The highest BCUT2D eigenvalue weighted by molar-refractivity contribution is 5.41. The van der Waals surface area contributed by atoms with E-state index in [0.29, 0.717) is 6.61 Å². The molecule has 1 aliphatic heterocycles. The van der Waals surface area contributed by atoms with Gasteiger partial charge in [0.15, 0.2) is 17.6 Å². The highest BCUT2D eigenvalue weighted by Crippen LogP contribution is 2.33. The Balaban J connectivity index is 1.81. The number of benzene rings is 1. The van der Waals surface area contributed by atoms with Gasteiger partial charge in [-0.2, -0.15) is 0 Å². The minimum Gasteiger partial charge on any atom is -0.486 e. The van der Waals surface area contributed by atoms with E-state index in [-0.39, 0.29) is 12.1 Å². The Morgan fingerprint density at radius 2 is 2.05 bits per heavy atom. The van der Waals surface area contributed by atoms with E-state index in [1.807, 2.05) is 43.5 Å². The number of nitrogens with zero attached hydrogens (tertiary/aromatic N) is 1. The van der Waals surface area contributed by atoms with Gasteiger partial charge < -0.3 is 15.2 Å². The Bertz CT molecular complexity index is 586. The number of hydrogen-bond acceptors (Lipinski definition) is 4. The molecule has 0 fully saturated rings. The molecule has 0 amide bonds. The Morgan fingerprint density at radius 1 is 1.26 bits per heavy atom. The number of rotatable bonds is 2. The van der Waals surface area contributed by atoms with Crippen molar-refractivity contribution in [2.75, 3.05) is 6.61 Å². The van der Waals surface area contributed by atoms with E-state index in [1.54, 1.807) is 6.20 Å². The first-order valence-electron chi connectivity index (χ1n) is 6.29. The number of nitrogens with two attached hydrogens (primary N) is 1. The molecule has 0 aliphatic carbocycles. The predicted octanol–water partition coefficient (Wildman–Crippen LogP) is 2.23. The molecule has 0 bridgehead atoms. The average Bonchev–Trinajstić information content (AvgIpc) is 2.46. The molecule has 3 rings (SSSR count). The summed E-state index contributed by atoms with van der Waals surface area (Å²) in [6.07, 6.45) is 3.39. The van der Waals surface area contributed by atoms with Crippen molar-refractivity contribution in [3.63, 3.8) is 0 Å². The van der Waals surface area contributed by atoms with E-state index in [9.17, 15) is 0 Å². The summed E-state index contributed by atoms with van der Waals surface area (Å²) < 4.78 is 11.6. The van der Waals surface area contributed by atoms with Gasteiger partial charge in [-0.3, -0.25) is 4.98 Å². The van der Waals surface area contributed by atoms with Crippen molar-refractivity contribution in [2.45, 2.75) is 19.1 Å². The van der Waals surface area contributed by atoms with Crippen LogP contribution in [0.4, 0.5) is 0 Å². The average molecular weight is 256 g/mol. The summed E-state index contributed by atoms with van der Waals surface area (Å²) in [5.41, 5.74) is 8.30. The highest BCUT2D eigenvalue weighted by atomic mass is 16.6. The smallest absolute Gasteiger partial charge is 0.161 e. The maximum absolute atomic E-state index is 6.25. The monoisotopic (exact) mass is 256 g/mol. The fraction of sp³-hybridized carbons (Fsp3) is 0.267. The maximum atomic E-state index is 6.25. The van der Waals surface area contributed by atoms with Gasteiger partial charge in [0, 0.05) is 12.4 Å². The lowest BCUT2D eigenvalue weighted by Gasteiger charge is -2.30. The third kappa shape index (κ3) is 2.39. The Labute approximate surface area is 112 Å². The number of aromatic nitrogens is 1. The second-order valence-electron chi connectivity index (χ2n) is 4.74. The van der Waals surface area contributed by atoms with Crippen LogP contribution in [0.5, 0.6) is 11.5 Å². The number of hydrogen-bond donors (Lipinski definition) is 1. The second-order valence-corrected chi connectivity index (χ2v) is 4.74. The van der Waals surface area contributed by atoms with Crippen molar-refractivity contribution in [1.82, 2.24) is 4.98 Å². The molecule has 0 saturated heterocycles. The summed E-state index contributed by atoms with van der Waals surface area (Å²) in [4.78, 5) is 4.17. The van der Waals surface area contributed by atoms with Crippen LogP contribution in [0.2, 0.25) is 0 Å². The van der Waals surface area contributed by atoms with Gasteiger partial charge in [-0.25, -0.2) is 0 Å². The minimum atomic E-state index is -0.249. The van der Waals surface area contributed by atoms with Gasteiger partial charge in [0.2, 0.25) is 0 Å². The molecule has 2 aromatic rings. The van der Waals surface area contributed by atoms with Gasteiger partial charge in [0.25, 0.3) is 0 Å². The third-order valence-electron chi connectivity index (χ3n) is 3.21. The van der Waals surface area contributed by atoms with Crippen LogP contribution in [0.15, 0.2) is 42.7 Å². The zero-order valence-corrected chi connectivity index (χ0v) is 10.7. The number of para-hydroxylation sites is 2. The van der Waals surface area contributed by atoms with E-state index in [1.165, 1.54) is 0 Å². The van der Waals surface area contributed by atoms with Gasteiger partial charge in [-0.1, -0.05) is 18.2 Å². The first-order chi connectivity index (χ1) is 9.24. The van der Waals surface area contributed by atoms with Crippen LogP contribution >= 0.6 is 0 Å². The minimum absolute atomic E-state index is 0.196. The van der Waals surface area contributed by atoms with Crippen molar-refractivity contribution < 1.29 is 9.47 Å². The van der Waals surface area contributed by atoms with E-state index in [2.05, 4.69) is 4.98 Å². The fourth-order valence-corrected chi connectivity index (χ4v) is 2.19. The lowest BCUT2D eigenvalue weighted by molar-refractivity contribution is 0.0720. The molecular formula is C15H16N2O2. The van der Waals surface area contributed by atoms with Crippen LogP contribution in [-0.4, -0.2) is 17.7 Å². The van der Waals surface area contributed by atoms with Gasteiger partial charge in [0.05, 0.1) is 6.04 Å². The molecule has 0 spiro atoms. The molecule has 2 N–H and O–H groups in total. The molecule has 2 unspecified atom stereocenters. The van der Waals surface area contributed by atoms with Crippen molar-refractivity contribution >= 4 is 0 Å². The van der Waals surface area contributed by atoms with Crippen LogP contribution in [0.1, 0.15) is 17.2 Å². The number of pyridine rings is 1. The molecule has 1 aromatic heterocycles. The highest BCUT2D eigenvalue weighted by Gasteiger charge is 2.27. The van der Waals surface area contributed by atoms with E-state index in [0.717, 1.165) is 22.6 Å². The van der Waals surface area contributed by atoms with Gasteiger partial charge in [-0.05, 0) is 30.2 Å². The quantitative estimate of drug-likeness (QED) is 0.895. The molecule has 4 heteroatoms. The summed E-state index contributed by atoms with van der Waals surface area (Å²) >= 11 is 0. The molecule has 19 heavy (non-hydrogen) atoms. The Morgan fingerprint density at radius 3 is 2.84 bits per heavy atom. The normalized spacial score (nSPS) is 18.9. The zero-order valence-electron chi connectivity index (χ0n) is 10.7. The molecule has 0 saturated carbocycles. The molecule has 2 atom stereocenters. The van der Waals surface area contributed by atoms with Crippen LogP contribution in [-0.2, 0) is 0 Å². The second kappa shape index (κ2) is 4.90. The van der Waals surface area contributed by atoms with Gasteiger partial charge in [0.1, 0.15) is 6.61 Å². The van der Waals surface area contributed by atoms with E-state index < -0.39 is 0 Å². The fourth-order valence-electron chi connectivity index (χ4n) is 2.19. The maximum Gasteiger partial charge on any atom is 0.161 e.